The SMILES string of the molecule is O=C(Nc1ncnc2c1ncn2[C@@]1(F)CO[C@H](CO)[C@H]1O[PH](=O)O)c1ccccc1. The molecular formula is C17H17FN5O6P. The van der Waals surface area contributed by atoms with Gasteiger partial charge in [-0.15, -0.1) is 0 Å². The molecule has 1 unspecified atom stereocenters. The summed E-state index contributed by atoms with van der Waals surface area (Å²) in [7, 11) is -3.53. The molecule has 4 rings (SSSR count). The number of halogens is 1. The number of benzene rings is 1. The van der Waals surface area contributed by atoms with Gasteiger partial charge in [0, 0.05) is 5.56 Å². The first-order valence-corrected chi connectivity index (χ1v) is 10.1. The van der Waals surface area contributed by atoms with Gasteiger partial charge >= 0.3 is 8.25 Å². The van der Waals surface area contributed by atoms with Gasteiger partial charge in [-0.25, -0.2) is 19.3 Å². The van der Waals surface area contributed by atoms with Gasteiger partial charge in [0.25, 0.3) is 5.91 Å². The van der Waals surface area contributed by atoms with E-state index in [0.29, 0.717) is 5.56 Å². The molecule has 11 nitrogen and oxygen atoms in total. The Morgan fingerprint density at radius 3 is 2.83 bits per heavy atom. The van der Waals surface area contributed by atoms with Crippen molar-refractivity contribution in [2.45, 2.75) is 18.0 Å². The van der Waals surface area contributed by atoms with E-state index in [1.165, 1.54) is 0 Å². The predicted octanol–water partition coefficient (Wildman–Crippen LogP) is 0.859. The van der Waals surface area contributed by atoms with E-state index in [-0.39, 0.29) is 17.0 Å². The summed E-state index contributed by atoms with van der Waals surface area (Å²) in [6.45, 7) is -1.19. The van der Waals surface area contributed by atoms with Gasteiger partial charge in [-0.1, -0.05) is 18.2 Å². The number of imidazole rings is 1. The van der Waals surface area contributed by atoms with Gasteiger partial charge in [-0.3, -0.25) is 18.5 Å². The second kappa shape index (κ2) is 8.17. The van der Waals surface area contributed by atoms with Crippen LogP contribution in [0.25, 0.3) is 11.2 Å². The molecule has 30 heavy (non-hydrogen) atoms. The molecule has 4 atom stereocenters. The summed E-state index contributed by atoms with van der Waals surface area (Å²) in [5.41, 5.74) is 0.494. The van der Waals surface area contributed by atoms with Crippen LogP contribution in [-0.4, -0.2) is 60.8 Å². The van der Waals surface area contributed by atoms with E-state index in [9.17, 15) is 14.5 Å². The first-order valence-electron chi connectivity index (χ1n) is 8.80. The maximum atomic E-state index is 15.9. The van der Waals surface area contributed by atoms with Crippen molar-refractivity contribution in [3.05, 3.63) is 48.5 Å². The summed E-state index contributed by atoms with van der Waals surface area (Å²) >= 11 is 0. The first kappa shape index (κ1) is 20.5. The molecule has 3 aromatic rings. The van der Waals surface area contributed by atoms with Gasteiger partial charge in [-0.2, -0.15) is 0 Å². The minimum absolute atomic E-state index is 0.00395. The molecule has 0 bridgehead atoms. The maximum Gasteiger partial charge on any atom is 0.317 e. The molecule has 0 spiro atoms. The molecule has 1 aliphatic heterocycles. The predicted molar refractivity (Wildman–Crippen MR) is 102 cm³/mol. The number of anilines is 1. The first-order chi connectivity index (χ1) is 14.4. The van der Waals surface area contributed by atoms with Gasteiger partial charge in [-0.05, 0) is 12.1 Å². The van der Waals surface area contributed by atoms with Crippen LogP contribution in [0.2, 0.25) is 0 Å². The lowest BCUT2D eigenvalue weighted by Gasteiger charge is -2.27. The van der Waals surface area contributed by atoms with E-state index < -0.39 is 45.4 Å². The van der Waals surface area contributed by atoms with Crippen LogP contribution in [0.15, 0.2) is 43.0 Å². The molecule has 0 radical (unpaired) electrons. The molecule has 0 aliphatic carbocycles. The number of aliphatic hydroxyl groups excluding tert-OH is 1. The number of hydrogen-bond acceptors (Lipinski definition) is 8. The minimum atomic E-state index is -3.53. The molecule has 1 aliphatic rings. The van der Waals surface area contributed by atoms with Crippen LogP contribution in [0, 0.1) is 0 Å². The zero-order valence-corrected chi connectivity index (χ0v) is 16.3. The molecule has 1 saturated heterocycles. The largest absolute Gasteiger partial charge is 0.394 e. The number of carbonyl (C=O) groups excluding carboxylic acids is 1. The summed E-state index contributed by atoms with van der Waals surface area (Å²) in [5.74, 6) is -2.85. The van der Waals surface area contributed by atoms with Crippen LogP contribution in [0.1, 0.15) is 10.4 Å². The molecule has 1 amide bonds. The number of nitrogens with one attached hydrogen (secondary N) is 1. The highest BCUT2D eigenvalue weighted by molar-refractivity contribution is 7.32. The van der Waals surface area contributed by atoms with Gasteiger partial charge in [0.15, 0.2) is 23.1 Å². The van der Waals surface area contributed by atoms with Crippen LogP contribution < -0.4 is 5.32 Å². The van der Waals surface area contributed by atoms with Gasteiger partial charge in [0.1, 0.15) is 19.0 Å². The highest BCUT2D eigenvalue weighted by Gasteiger charge is 2.54. The average Bonchev–Trinajstić information content (AvgIpc) is 3.31. The highest BCUT2D eigenvalue weighted by atomic mass is 31.1. The topological polar surface area (TPSA) is 149 Å². The molecule has 0 saturated carbocycles. The second-order valence-corrected chi connectivity index (χ2v) is 7.25. The van der Waals surface area contributed by atoms with E-state index >= 15 is 4.39 Å². The normalized spacial score (nSPS) is 24.8. The molecule has 1 aromatic carbocycles. The number of hydrogen-bond donors (Lipinski definition) is 3. The smallest absolute Gasteiger partial charge is 0.317 e. The van der Waals surface area contributed by atoms with Crippen molar-refractivity contribution < 1.29 is 33.0 Å². The molecule has 1 fully saturated rings. The third-order valence-electron chi connectivity index (χ3n) is 4.68. The minimum Gasteiger partial charge on any atom is -0.394 e. The Morgan fingerprint density at radius 1 is 1.37 bits per heavy atom. The van der Waals surface area contributed by atoms with E-state index in [0.717, 1.165) is 17.2 Å². The molecule has 2 aromatic heterocycles. The lowest BCUT2D eigenvalue weighted by Crippen LogP contribution is -2.44. The summed E-state index contributed by atoms with van der Waals surface area (Å²) in [4.78, 5) is 33.7. The van der Waals surface area contributed by atoms with Crippen molar-refractivity contribution in [3.63, 3.8) is 0 Å². The second-order valence-electron chi connectivity index (χ2n) is 6.48. The Kier molecular flexibility index (Phi) is 5.58. The van der Waals surface area contributed by atoms with Crippen LogP contribution in [0.5, 0.6) is 0 Å². The summed E-state index contributed by atoms with van der Waals surface area (Å²) in [6.07, 6.45) is -0.513. The van der Waals surface area contributed by atoms with E-state index in [2.05, 4.69) is 20.3 Å². The monoisotopic (exact) mass is 437 g/mol. The lowest BCUT2D eigenvalue weighted by molar-refractivity contribution is -0.0312. The highest BCUT2D eigenvalue weighted by Crippen LogP contribution is 2.41. The van der Waals surface area contributed by atoms with E-state index in [1.54, 1.807) is 30.3 Å². The molecule has 3 heterocycles. The van der Waals surface area contributed by atoms with Crippen molar-refractivity contribution in [2.75, 3.05) is 18.5 Å². The van der Waals surface area contributed by atoms with Crippen molar-refractivity contribution in [1.82, 2.24) is 19.5 Å². The van der Waals surface area contributed by atoms with E-state index in [4.69, 9.17) is 14.2 Å². The molecule has 13 heteroatoms. The van der Waals surface area contributed by atoms with Crippen LogP contribution >= 0.6 is 8.25 Å². The standard InChI is InChI=1S/C17H17FN5O6P/c18-17(7-28-11(6-24)13(17)29-30(26)27)23-9-21-12-14(19-8-20-15(12)23)22-16(25)10-4-2-1-3-5-10/h1-5,8-9,11,13,24,30H,6-7H2,(H,26,27)(H,19,20,22,25)/t11-,13-,17+/m1/s1. The number of amides is 1. The summed E-state index contributed by atoms with van der Waals surface area (Å²) < 4.78 is 38.1. The van der Waals surface area contributed by atoms with Gasteiger partial charge in [0.2, 0.25) is 5.79 Å². The van der Waals surface area contributed by atoms with Crippen molar-refractivity contribution in [1.29, 1.82) is 0 Å². The third kappa shape index (κ3) is 3.59. The molecule has 158 valence electrons. The lowest BCUT2D eigenvalue weighted by atomic mass is 10.1. The molecular weight excluding hydrogens is 420 g/mol. The average molecular weight is 437 g/mol. The maximum absolute atomic E-state index is 15.9. The Labute approximate surface area is 169 Å². The van der Waals surface area contributed by atoms with Crippen LogP contribution in [0.3, 0.4) is 0 Å². The number of carbonyl (C=O) groups is 1. The van der Waals surface area contributed by atoms with Crippen molar-refractivity contribution >= 4 is 31.1 Å². The number of alkyl halides is 1. The quantitative estimate of drug-likeness (QED) is 0.477. The van der Waals surface area contributed by atoms with Crippen molar-refractivity contribution in [2.24, 2.45) is 0 Å². The number of aromatic nitrogens is 4. The Balaban J connectivity index is 1.71. The fourth-order valence-electron chi connectivity index (χ4n) is 3.28. The number of nitrogens with zero attached hydrogens (tertiary/aromatic N) is 4. The Bertz CT molecular complexity index is 1100. The van der Waals surface area contributed by atoms with Crippen LogP contribution in [0.4, 0.5) is 10.2 Å². The summed E-state index contributed by atoms with van der Waals surface area (Å²) in [5, 5.41) is 12.0. The Hall–Kier alpha value is -2.76. The number of aliphatic hydroxyl groups is 1. The zero-order chi connectivity index (χ0) is 21.3. The van der Waals surface area contributed by atoms with Crippen molar-refractivity contribution in [3.8, 4) is 0 Å². The summed E-state index contributed by atoms with van der Waals surface area (Å²) in [6, 6.07) is 8.41. The number of ether oxygens (including phenoxy) is 1. The number of rotatable bonds is 6. The zero-order valence-electron chi connectivity index (χ0n) is 15.3. The van der Waals surface area contributed by atoms with Gasteiger partial charge < -0.3 is 20.1 Å². The Morgan fingerprint density at radius 2 is 2.13 bits per heavy atom. The van der Waals surface area contributed by atoms with E-state index in [1.807, 2.05) is 0 Å². The molecule has 3 N–H and O–H groups in total. The van der Waals surface area contributed by atoms with Crippen LogP contribution in [-0.2, 0) is 19.6 Å². The fraction of sp³-hybridized carbons (Fsp3) is 0.294. The van der Waals surface area contributed by atoms with Gasteiger partial charge in [0.05, 0.1) is 12.9 Å². The third-order valence-corrected chi connectivity index (χ3v) is 5.14. The number of fused-ring (bicyclic) bond motifs is 1. The fourth-order valence-corrected chi connectivity index (χ4v) is 3.83.